The SMILES string of the molecule is O=C(NCCOc1ccc(Cl)cc1)NCC(c1cccc(F)c1)N1CCOCC1. The maximum Gasteiger partial charge on any atom is 0.314 e. The zero-order valence-corrected chi connectivity index (χ0v) is 16.8. The Hall–Kier alpha value is -2.35. The maximum atomic E-state index is 13.7. The number of rotatable bonds is 8. The first-order valence-electron chi connectivity index (χ1n) is 9.59. The molecular weight excluding hydrogens is 397 g/mol. The molecule has 29 heavy (non-hydrogen) atoms. The number of morpholine rings is 1. The molecular formula is C21H25ClFN3O3. The highest BCUT2D eigenvalue weighted by atomic mass is 35.5. The molecule has 2 aromatic carbocycles. The fraction of sp³-hybridized carbons (Fsp3) is 0.381. The number of benzene rings is 2. The van der Waals surface area contributed by atoms with Gasteiger partial charge in [0.1, 0.15) is 18.2 Å². The van der Waals surface area contributed by atoms with Gasteiger partial charge in [0.2, 0.25) is 0 Å². The molecule has 0 aromatic heterocycles. The highest BCUT2D eigenvalue weighted by Crippen LogP contribution is 2.22. The molecule has 1 saturated heterocycles. The molecule has 0 saturated carbocycles. The molecule has 1 unspecified atom stereocenters. The van der Waals surface area contributed by atoms with E-state index in [4.69, 9.17) is 21.1 Å². The van der Waals surface area contributed by atoms with E-state index < -0.39 is 0 Å². The van der Waals surface area contributed by atoms with Gasteiger partial charge in [0, 0.05) is 24.7 Å². The number of amides is 2. The standard InChI is InChI=1S/C21H25ClFN3O3/c22-17-4-6-19(7-5-17)29-11-8-24-21(27)25-15-20(26-9-12-28-13-10-26)16-2-1-3-18(23)14-16/h1-7,14,20H,8-13,15H2,(H2,24,25,27). The molecule has 0 radical (unpaired) electrons. The van der Waals surface area contributed by atoms with Crippen molar-refractivity contribution in [2.75, 3.05) is 46.0 Å². The second kappa shape index (κ2) is 11.0. The lowest BCUT2D eigenvalue weighted by Crippen LogP contribution is -2.46. The van der Waals surface area contributed by atoms with Crippen LogP contribution >= 0.6 is 11.6 Å². The lowest BCUT2D eigenvalue weighted by atomic mass is 10.0. The average Bonchev–Trinajstić information content (AvgIpc) is 2.73. The highest BCUT2D eigenvalue weighted by molar-refractivity contribution is 6.30. The summed E-state index contributed by atoms with van der Waals surface area (Å²) in [4.78, 5) is 14.4. The zero-order chi connectivity index (χ0) is 20.5. The average molecular weight is 422 g/mol. The second-order valence-corrected chi connectivity index (χ2v) is 7.09. The quantitative estimate of drug-likeness (QED) is 0.642. The topological polar surface area (TPSA) is 62.8 Å². The molecule has 1 fully saturated rings. The van der Waals surface area contributed by atoms with Gasteiger partial charge in [-0.05, 0) is 42.0 Å². The summed E-state index contributed by atoms with van der Waals surface area (Å²) in [6.07, 6.45) is 0. The Morgan fingerprint density at radius 1 is 1.17 bits per heavy atom. The van der Waals surface area contributed by atoms with Gasteiger partial charge in [-0.1, -0.05) is 23.7 Å². The van der Waals surface area contributed by atoms with Crippen LogP contribution in [0.3, 0.4) is 0 Å². The molecule has 8 heteroatoms. The van der Waals surface area contributed by atoms with Gasteiger partial charge in [-0.25, -0.2) is 9.18 Å². The minimum Gasteiger partial charge on any atom is -0.492 e. The van der Waals surface area contributed by atoms with E-state index in [1.54, 1.807) is 30.3 Å². The number of ether oxygens (including phenoxy) is 2. The Morgan fingerprint density at radius 3 is 2.66 bits per heavy atom. The van der Waals surface area contributed by atoms with Gasteiger partial charge in [-0.3, -0.25) is 4.90 Å². The van der Waals surface area contributed by atoms with Crippen molar-refractivity contribution in [1.82, 2.24) is 15.5 Å². The predicted octanol–water partition coefficient (Wildman–Crippen LogP) is 3.23. The summed E-state index contributed by atoms with van der Waals surface area (Å²) in [6, 6.07) is 13.1. The Morgan fingerprint density at radius 2 is 1.93 bits per heavy atom. The molecule has 2 N–H and O–H groups in total. The number of hydrogen-bond donors (Lipinski definition) is 2. The number of carbonyl (C=O) groups excluding carboxylic acids is 1. The summed E-state index contributed by atoms with van der Waals surface area (Å²) < 4.78 is 24.7. The van der Waals surface area contributed by atoms with Gasteiger partial charge in [-0.15, -0.1) is 0 Å². The van der Waals surface area contributed by atoms with Crippen LogP contribution in [0, 0.1) is 5.82 Å². The fourth-order valence-corrected chi connectivity index (χ4v) is 3.30. The lowest BCUT2D eigenvalue weighted by Gasteiger charge is -2.35. The van der Waals surface area contributed by atoms with Crippen molar-refractivity contribution in [1.29, 1.82) is 0 Å². The van der Waals surface area contributed by atoms with Crippen LogP contribution < -0.4 is 15.4 Å². The van der Waals surface area contributed by atoms with Crippen LogP contribution in [0.15, 0.2) is 48.5 Å². The third kappa shape index (κ3) is 6.88. The first-order valence-corrected chi connectivity index (χ1v) is 9.97. The molecule has 0 aliphatic carbocycles. The van der Waals surface area contributed by atoms with Crippen LogP contribution in [-0.4, -0.2) is 56.9 Å². The molecule has 2 aromatic rings. The maximum absolute atomic E-state index is 13.7. The molecule has 6 nitrogen and oxygen atoms in total. The fourth-order valence-electron chi connectivity index (χ4n) is 3.18. The van der Waals surface area contributed by atoms with E-state index in [-0.39, 0.29) is 17.9 Å². The number of carbonyl (C=O) groups is 1. The van der Waals surface area contributed by atoms with E-state index in [2.05, 4.69) is 15.5 Å². The van der Waals surface area contributed by atoms with Crippen molar-refractivity contribution in [2.24, 2.45) is 0 Å². The summed E-state index contributed by atoms with van der Waals surface area (Å²) in [5.41, 5.74) is 0.832. The van der Waals surface area contributed by atoms with Crippen molar-refractivity contribution in [3.8, 4) is 5.75 Å². The molecule has 1 aliphatic rings. The summed E-state index contributed by atoms with van der Waals surface area (Å²) in [7, 11) is 0. The summed E-state index contributed by atoms with van der Waals surface area (Å²) in [5.74, 6) is 0.402. The number of nitrogens with one attached hydrogen (secondary N) is 2. The van der Waals surface area contributed by atoms with Crippen molar-refractivity contribution in [3.63, 3.8) is 0 Å². The summed E-state index contributed by atoms with van der Waals surface area (Å²) >= 11 is 5.83. The highest BCUT2D eigenvalue weighted by Gasteiger charge is 2.23. The minimum atomic E-state index is -0.292. The molecule has 0 bridgehead atoms. The van der Waals surface area contributed by atoms with Gasteiger partial charge in [0.25, 0.3) is 0 Å². The van der Waals surface area contributed by atoms with Crippen molar-refractivity contribution in [2.45, 2.75) is 6.04 Å². The smallest absolute Gasteiger partial charge is 0.314 e. The van der Waals surface area contributed by atoms with Crippen LogP contribution in [0.25, 0.3) is 0 Å². The van der Waals surface area contributed by atoms with E-state index in [0.717, 1.165) is 18.7 Å². The van der Waals surface area contributed by atoms with Crippen LogP contribution in [0.4, 0.5) is 9.18 Å². The molecule has 1 heterocycles. The van der Waals surface area contributed by atoms with Crippen LogP contribution in [0.1, 0.15) is 11.6 Å². The van der Waals surface area contributed by atoms with Gasteiger partial charge in [-0.2, -0.15) is 0 Å². The molecule has 1 aliphatic heterocycles. The van der Waals surface area contributed by atoms with E-state index in [9.17, 15) is 9.18 Å². The second-order valence-electron chi connectivity index (χ2n) is 6.66. The van der Waals surface area contributed by atoms with E-state index >= 15 is 0 Å². The van der Waals surface area contributed by atoms with Crippen LogP contribution in [0.2, 0.25) is 5.02 Å². The number of nitrogens with zero attached hydrogens (tertiary/aromatic N) is 1. The molecule has 1 atom stereocenters. The summed E-state index contributed by atoms with van der Waals surface area (Å²) in [5, 5.41) is 6.28. The van der Waals surface area contributed by atoms with Crippen molar-refractivity contribution < 1.29 is 18.7 Å². The monoisotopic (exact) mass is 421 g/mol. The first-order chi connectivity index (χ1) is 14.1. The third-order valence-electron chi connectivity index (χ3n) is 4.65. The van der Waals surface area contributed by atoms with Gasteiger partial charge >= 0.3 is 6.03 Å². The molecule has 156 valence electrons. The van der Waals surface area contributed by atoms with E-state index in [1.165, 1.54) is 12.1 Å². The zero-order valence-electron chi connectivity index (χ0n) is 16.1. The third-order valence-corrected chi connectivity index (χ3v) is 4.90. The van der Waals surface area contributed by atoms with Crippen LogP contribution in [0.5, 0.6) is 5.75 Å². The van der Waals surface area contributed by atoms with Crippen LogP contribution in [-0.2, 0) is 4.74 Å². The molecule has 0 spiro atoms. The number of urea groups is 1. The summed E-state index contributed by atoms with van der Waals surface area (Å²) in [6.45, 7) is 3.79. The van der Waals surface area contributed by atoms with Gasteiger partial charge < -0.3 is 20.1 Å². The predicted molar refractivity (Wildman–Crippen MR) is 110 cm³/mol. The Bertz CT molecular complexity index is 785. The van der Waals surface area contributed by atoms with E-state index in [1.807, 2.05) is 6.07 Å². The van der Waals surface area contributed by atoms with Crippen molar-refractivity contribution >= 4 is 17.6 Å². The number of hydrogen-bond acceptors (Lipinski definition) is 4. The lowest BCUT2D eigenvalue weighted by molar-refractivity contribution is 0.0166. The largest absolute Gasteiger partial charge is 0.492 e. The van der Waals surface area contributed by atoms with Crippen molar-refractivity contribution in [3.05, 3.63) is 64.9 Å². The Labute approximate surface area is 174 Å². The Kier molecular flexibility index (Phi) is 8.10. The minimum absolute atomic E-state index is 0.120. The molecule has 3 rings (SSSR count). The van der Waals surface area contributed by atoms with E-state index in [0.29, 0.717) is 43.7 Å². The Balaban J connectivity index is 1.46. The van der Waals surface area contributed by atoms with Gasteiger partial charge in [0.05, 0.1) is 25.8 Å². The van der Waals surface area contributed by atoms with Gasteiger partial charge in [0.15, 0.2) is 0 Å². The number of halogens is 2. The first kappa shape index (κ1) is 21.4. The molecule has 2 amide bonds. The normalized spacial score (nSPS) is 15.5.